The molecule has 1 N–H and O–H groups in total. The number of nitrogens with zero attached hydrogens (tertiary/aromatic N) is 1. The summed E-state index contributed by atoms with van der Waals surface area (Å²) in [5.41, 5.74) is 6.20. The Morgan fingerprint density at radius 2 is 1.66 bits per heavy atom. The van der Waals surface area contributed by atoms with Gasteiger partial charge in [0.25, 0.3) is 0 Å². The minimum Gasteiger partial charge on any atom is -0.378 e. The molecule has 0 aromatic heterocycles. The largest absolute Gasteiger partial charge is 0.378 e. The molecule has 1 saturated heterocycles. The summed E-state index contributed by atoms with van der Waals surface area (Å²) < 4.78 is 6.02. The fourth-order valence-electron chi connectivity index (χ4n) is 7.08. The van der Waals surface area contributed by atoms with E-state index >= 15 is 0 Å². The Balaban J connectivity index is 0.00000274. The number of anilines is 1. The van der Waals surface area contributed by atoms with Crippen molar-refractivity contribution in [3.8, 4) is 11.8 Å². The van der Waals surface area contributed by atoms with Crippen LogP contribution in [0.4, 0.5) is 5.69 Å². The lowest BCUT2D eigenvalue weighted by Gasteiger charge is -2.59. The first kappa shape index (κ1) is 37.4. The smallest absolute Gasteiger partial charge is 0.236 e. The van der Waals surface area contributed by atoms with E-state index in [0.717, 1.165) is 32.1 Å². The third-order valence-corrected chi connectivity index (χ3v) is 8.74. The van der Waals surface area contributed by atoms with Gasteiger partial charge in [-0.3, -0.25) is 4.79 Å². The van der Waals surface area contributed by atoms with Crippen LogP contribution in [0.3, 0.4) is 0 Å². The molecule has 5 atom stereocenters. The van der Waals surface area contributed by atoms with Crippen LogP contribution in [0.25, 0.3) is 0 Å². The van der Waals surface area contributed by atoms with E-state index < -0.39 is 11.2 Å². The number of carbonyl (C=O) groups is 1. The van der Waals surface area contributed by atoms with Gasteiger partial charge in [-0.25, -0.2) is 0 Å². The molecule has 4 nitrogen and oxygen atoms in total. The summed E-state index contributed by atoms with van der Waals surface area (Å²) in [6.45, 7) is 4.51. The highest BCUT2D eigenvalue weighted by molar-refractivity contribution is 7.60. The first-order valence-electron chi connectivity index (χ1n) is 12.3. The normalized spacial score (nSPS) is 30.8. The molecule has 9 heteroatoms. The molecule has 1 saturated carbocycles. The molecule has 0 unspecified atom stereocenters. The van der Waals surface area contributed by atoms with E-state index in [0.29, 0.717) is 24.9 Å². The van der Waals surface area contributed by atoms with Crippen molar-refractivity contribution in [2.75, 3.05) is 25.6 Å². The summed E-state index contributed by atoms with van der Waals surface area (Å²) in [6.07, 6.45) is 7.08. The number of hydrogen-bond donors (Lipinski definition) is 1. The van der Waals surface area contributed by atoms with Gasteiger partial charge in [0.05, 0.1) is 6.61 Å². The summed E-state index contributed by atoms with van der Waals surface area (Å²) in [5.74, 6) is 5.72. The minimum absolute atomic E-state index is 0. The maximum Gasteiger partial charge on any atom is 0.236 e. The maximum atomic E-state index is 12.2. The van der Waals surface area contributed by atoms with Crippen molar-refractivity contribution in [2.45, 2.75) is 64.1 Å². The number of carbonyl (C=O) groups excluding carboxylic acids is 1. The number of ether oxygens (including phenoxy) is 1. The second-order valence-corrected chi connectivity index (χ2v) is 10.6. The predicted molar refractivity (Wildman–Crippen MR) is 183 cm³/mol. The number of rotatable bonds is 2. The van der Waals surface area contributed by atoms with Gasteiger partial charge in [0.15, 0.2) is 5.78 Å². The van der Waals surface area contributed by atoms with Crippen LogP contribution in [-0.4, -0.2) is 37.4 Å². The molecule has 1 aliphatic heterocycles. The van der Waals surface area contributed by atoms with E-state index in [1.807, 2.05) is 6.08 Å². The van der Waals surface area contributed by atoms with Crippen molar-refractivity contribution in [3.63, 3.8) is 0 Å². The van der Waals surface area contributed by atoms with Gasteiger partial charge in [0, 0.05) is 37.5 Å². The lowest BCUT2D eigenvalue weighted by atomic mass is 9.49. The fraction of sp³-hybridized carbons (Fsp3) is 0.552. The Morgan fingerprint density at radius 1 is 1.00 bits per heavy atom. The number of ketones is 1. The molecule has 4 aliphatic rings. The van der Waals surface area contributed by atoms with Crippen LogP contribution >= 0.6 is 67.5 Å². The van der Waals surface area contributed by atoms with Crippen LogP contribution in [0, 0.1) is 29.1 Å². The van der Waals surface area contributed by atoms with E-state index in [1.165, 1.54) is 28.0 Å². The van der Waals surface area contributed by atoms with E-state index in [-0.39, 0.29) is 79.2 Å². The zero-order chi connectivity index (χ0) is 23.4. The third kappa shape index (κ3) is 6.17. The molecule has 38 heavy (non-hydrogen) atoms. The van der Waals surface area contributed by atoms with Crippen LogP contribution in [-0.2, 0) is 9.53 Å². The SMILES string of the molecule is CC#C[C@@]1(O)OCC[C@H]2[C@@H]3CCC4=CC(=O)CCC4=C3[C@H](c3ccc(N(C)C)cc3)C[C@@]21C.S.S.S.S.S. The van der Waals surface area contributed by atoms with Gasteiger partial charge >= 0.3 is 0 Å². The Labute approximate surface area is 263 Å². The predicted octanol–water partition coefficient (Wildman–Crippen LogP) is 5.55. The van der Waals surface area contributed by atoms with Crippen LogP contribution in [0.1, 0.15) is 63.9 Å². The third-order valence-electron chi connectivity index (χ3n) is 8.74. The molecule has 2 fully saturated rings. The molecule has 0 spiro atoms. The summed E-state index contributed by atoms with van der Waals surface area (Å²) in [7, 11) is 4.12. The van der Waals surface area contributed by atoms with Gasteiger partial charge in [-0.15, -0.1) is 5.92 Å². The first-order chi connectivity index (χ1) is 15.8. The van der Waals surface area contributed by atoms with Crippen LogP contribution < -0.4 is 4.90 Å². The highest BCUT2D eigenvalue weighted by Crippen LogP contribution is 2.64. The quantitative estimate of drug-likeness (QED) is 0.443. The van der Waals surface area contributed by atoms with Gasteiger partial charge in [-0.2, -0.15) is 67.5 Å². The maximum absolute atomic E-state index is 12.2. The average Bonchev–Trinajstić information content (AvgIpc) is 2.79. The summed E-state index contributed by atoms with van der Waals surface area (Å²) in [5, 5.41) is 11.7. The highest BCUT2D eigenvalue weighted by Gasteiger charge is 2.61. The zero-order valence-corrected chi connectivity index (χ0v) is 27.8. The van der Waals surface area contributed by atoms with Crippen molar-refractivity contribution in [1.82, 2.24) is 0 Å². The first-order valence-corrected chi connectivity index (χ1v) is 12.3. The molecular formula is C29H45NO3S5. The molecular weight excluding hydrogens is 571 g/mol. The Hall–Kier alpha value is -0.600. The Kier molecular flexibility index (Phi) is 14.1. The second-order valence-electron chi connectivity index (χ2n) is 10.6. The average molecular weight is 616 g/mol. The second kappa shape index (κ2) is 14.3. The van der Waals surface area contributed by atoms with E-state index in [9.17, 15) is 9.90 Å². The van der Waals surface area contributed by atoms with Crippen molar-refractivity contribution in [1.29, 1.82) is 0 Å². The highest BCUT2D eigenvalue weighted by atomic mass is 32.1. The van der Waals surface area contributed by atoms with Gasteiger partial charge < -0.3 is 14.7 Å². The number of fused-ring (bicyclic) bond motifs is 4. The number of aliphatic hydroxyl groups is 1. The van der Waals surface area contributed by atoms with Crippen molar-refractivity contribution in [2.24, 2.45) is 17.3 Å². The van der Waals surface area contributed by atoms with Crippen molar-refractivity contribution < 1.29 is 14.6 Å². The van der Waals surface area contributed by atoms with E-state index in [2.05, 4.69) is 62.0 Å². The standard InChI is InChI=1S/C29H35NO3.5H2S/c1-5-15-29(32)28(2)18-25(19-6-9-21(10-7-19)30(3)4)27-23-13-11-22(31)17-20(23)8-12-24(27)26(28)14-16-33-29;;;;;/h6-7,9-10,17,24-26,32H,8,11-14,16,18H2,1-4H3;5*1H2/t24-,25-,26-,28-,29+;;;;;/m0...../s1. The van der Waals surface area contributed by atoms with Gasteiger partial charge in [-0.1, -0.05) is 24.6 Å². The fourth-order valence-corrected chi connectivity index (χ4v) is 7.08. The van der Waals surface area contributed by atoms with Crippen LogP contribution in [0.5, 0.6) is 0 Å². The number of hydrogen-bond acceptors (Lipinski definition) is 4. The van der Waals surface area contributed by atoms with E-state index in [1.54, 1.807) is 6.92 Å². The molecule has 0 amide bonds. The lowest BCUT2D eigenvalue weighted by Crippen LogP contribution is -2.60. The molecule has 1 aromatic rings. The summed E-state index contributed by atoms with van der Waals surface area (Å²) >= 11 is 0. The molecule has 0 bridgehead atoms. The van der Waals surface area contributed by atoms with Crippen LogP contribution in [0.15, 0.2) is 47.1 Å². The molecule has 3 aliphatic carbocycles. The minimum atomic E-state index is -1.43. The lowest BCUT2D eigenvalue weighted by molar-refractivity contribution is -0.285. The monoisotopic (exact) mass is 615 g/mol. The summed E-state index contributed by atoms with van der Waals surface area (Å²) in [6, 6.07) is 8.86. The summed E-state index contributed by atoms with van der Waals surface area (Å²) in [4.78, 5) is 14.3. The van der Waals surface area contributed by atoms with Gasteiger partial charge in [0.1, 0.15) is 0 Å². The Bertz CT molecular complexity index is 1110. The van der Waals surface area contributed by atoms with Gasteiger partial charge in [-0.05, 0) is 91.7 Å². The number of benzene rings is 1. The zero-order valence-electron chi connectivity index (χ0n) is 22.8. The molecule has 5 rings (SSSR count). The van der Waals surface area contributed by atoms with Crippen molar-refractivity contribution >= 4 is 78.9 Å². The Morgan fingerprint density at radius 3 is 2.26 bits per heavy atom. The topological polar surface area (TPSA) is 49.8 Å². The van der Waals surface area contributed by atoms with Crippen molar-refractivity contribution in [3.05, 3.63) is 52.6 Å². The molecule has 214 valence electrons. The van der Waals surface area contributed by atoms with Gasteiger partial charge in [0.2, 0.25) is 5.79 Å². The van der Waals surface area contributed by atoms with Crippen LogP contribution in [0.2, 0.25) is 0 Å². The molecule has 1 heterocycles. The molecule has 0 radical (unpaired) electrons. The van der Waals surface area contributed by atoms with E-state index in [4.69, 9.17) is 4.74 Å². The molecule has 1 aromatic carbocycles. The number of allylic oxidation sites excluding steroid dienone is 4.